The minimum absolute atomic E-state index is 0.0880. The fourth-order valence-corrected chi connectivity index (χ4v) is 1.74. The molecule has 1 heterocycles. The van der Waals surface area contributed by atoms with Crippen LogP contribution in [0.15, 0.2) is 18.5 Å². The monoisotopic (exact) mass is 289 g/mol. The number of hydrogen-bond acceptors (Lipinski definition) is 5. The first-order valence-electron chi connectivity index (χ1n) is 6.63. The number of hydrogen-bond donors (Lipinski definition) is 1. The van der Waals surface area contributed by atoms with Crippen molar-refractivity contribution in [2.45, 2.75) is 13.3 Å². The molecule has 1 aromatic rings. The Morgan fingerprint density at radius 2 is 2.24 bits per heavy atom. The number of nitrogens with two attached hydrogens (primary N) is 1. The third-order valence-corrected chi connectivity index (χ3v) is 2.70. The third kappa shape index (κ3) is 4.89. The van der Waals surface area contributed by atoms with Gasteiger partial charge >= 0.3 is 5.97 Å². The van der Waals surface area contributed by atoms with Crippen molar-refractivity contribution in [2.75, 3.05) is 26.7 Å². The summed E-state index contributed by atoms with van der Waals surface area (Å²) in [5, 5.41) is 0. The van der Waals surface area contributed by atoms with Gasteiger partial charge in [0.15, 0.2) is 0 Å². The molecular weight excluding hydrogens is 270 g/mol. The molecular formula is C15H19N3O3. The summed E-state index contributed by atoms with van der Waals surface area (Å²) >= 11 is 0. The Morgan fingerprint density at radius 1 is 1.48 bits per heavy atom. The molecule has 0 aliphatic heterocycles. The zero-order valence-electron chi connectivity index (χ0n) is 12.3. The average molecular weight is 289 g/mol. The molecule has 0 atom stereocenters. The number of rotatable bonds is 5. The van der Waals surface area contributed by atoms with E-state index in [1.807, 2.05) is 6.92 Å². The lowest BCUT2D eigenvalue weighted by atomic mass is 10.1. The highest BCUT2D eigenvalue weighted by Crippen LogP contribution is 2.10. The molecule has 6 heteroatoms. The zero-order valence-corrected chi connectivity index (χ0v) is 12.3. The predicted octanol–water partition coefficient (Wildman–Crippen LogP) is 0.417. The average Bonchev–Trinajstić information content (AvgIpc) is 2.51. The van der Waals surface area contributed by atoms with Gasteiger partial charge < -0.3 is 15.4 Å². The van der Waals surface area contributed by atoms with Crippen LogP contribution in [0, 0.1) is 11.8 Å². The number of carbonyl (C=O) groups is 2. The number of aromatic nitrogens is 1. The van der Waals surface area contributed by atoms with Crippen molar-refractivity contribution in [3.05, 3.63) is 29.6 Å². The molecule has 0 radical (unpaired) electrons. The molecule has 2 N–H and O–H groups in total. The Hall–Kier alpha value is -2.39. The number of pyridine rings is 1. The Kier molecular flexibility index (Phi) is 6.92. The maximum absolute atomic E-state index is 12.6. The molecule has 112 valence electrons. The topological polar surface area (TPSA) is 85.5 Å². The summed E-state index contributed by atoms with van der Waals surface area (Å²) in [6.07, 6.45) is 3.76. The maximum Gasteiger partial charge on any atom is 0.325 e. The molecule has 1 amide bonds. The zero-order chi connectivity index (χ0) is 15.7. The first kappa shape index (κ1) is 16.7. The summed E-state index contributed by atoms with van der Waals surface area (Å²) in [5.41, 5.74) is 6.25. The summed E-state index contributed by atoms with van der Waals surface area (Å²) < 4.78 is 4.62. The van der Waals surface area contributed by atoms with E-state index < -0.39 is 5.97 Å². The number of esters is 1. The molecule has 0 fully saturated rings. The van der Waals surface area contributed by atoms with Crippen molar-refractivity contribution < 1.29 is 14.3 Å². The first-order chi connectivity index (χ1) is 10.1. The molecule has 0 aliphatic carbocycles. The fourth-order valence-electron chi connectivity index (χ4n) is 1.74. The van der Waals surface area contributed by atoms with Crippen molar-refractivity contribution in [2.24, 2.45) is 5.73 Å². The van der Waals surface area contributed by atoms with Gasteiger partial charge in [-0.15, -0.1) is 0 Å². The van der Waals surface area contributed by atoms with Crippen molar-refractivity contribution in [1.29, 1.82) is 0 Å². The second kappa shape index (κ2) is 8.72. The van der Waals surface area contributed by atoms with Gasteiger partial charge in [-0.1, -0.05) is 18.8 Å². The van der Waals surface area contributed by atoms with Gasteiger partial charge in [0, 0.05) is 18.9 Å². The third-order valence-electron chi connectivity index (χ3n) is 2.70. The standard InChI is InChI=1S/C15H19N3O3/c1-3-9-18(11-14(19)21-2)15(20)13-6-8-17-10-12(13)5-4-7-16/h6,8,10H,3,7,9,11,16H2,1-2H3. The second-order valence-corrected chi connectivity index (χ2v) is 4.23. The summed E-state index contributed by atoms with van der Waals surface area (Å²) in [5.74, 6) is 4.78. The van der Waals surface area contributed by atoms with E-state index in [4.69, 9.17) is 5.73 Å². The largest absolute Gasteiger partial charge is 0.468 e. The van der Waals surface area contributed by atoms with Crippen LogP contribution in [0.3, 0.4) is 0 Å². The van der Waals surface area contributed by atoms with Crippen molar-refractivity contribution in [3.63, 3.8) is 0 Å². The van der Waals surface area contributed by atoms with Crippen molar-refractivity contribution in [1.82, 2.24) is 9.88 Å². The minimum Gasteiger partial charge on any atom is -0.468 e. The van der Waals surface area contributed by atoms with Gasteiger partial charge in [-0.05, 0) is 12.5 Å². The number of amides is 1. The van der Waals surface area contributed by atoms with Gasteiger partial charge in [0.25, 0.3) is 5.91 Å². The number of carbonyl (C=O) groups excluding carboxylic acids is 2. The van der Waals surface area contributed by atoms with Gasteiger partial charge in [0.2, 0.25) is 0 Å². The summed E-state index contributed by atoms with van der Waals surface area (Å²) in [7, 11) is 1.29. The van der Waals surface area contributed by atoms with E-state index >= 15 is 0 Å². The van der Waals surface area contributed by atoms with E-state index in [1.165, 1.54) is 24.4 Å². The van der Waals surface area contributed by atoms with Crippen LogP contribution in [0.1, 0.15) is 29.3 Å². The maximum atomic E-state index is 12.6. The lowest BCUT2D eigenvalue weighted by Gasteiger charge is -2.21. The molecule has 1 aromatic heterocycles. The molecule has 0 saturated carbocycles. The first-order valence-corrected chi connectivity index (χ1v) is 6.63. The molecule has 21 heavy (non-hydrogen) atoms. The van der Waals surface area contributed by atoms with Gasteiger partial charge in [-0.2, -0.15) is 0 Å². The van der Waals surface area contributed by atoms with E-state index in [0.29, 0.717) is 17.7 Å². The highest BCUT2D eigenvalue weighted by Gasteiger charge is 2.20. The molecule has 0 aliphatic rings. The van der Waals surface area contributed by atoms with E-state index in [2.05, 4.69) is 21.6 Å². The number of nitrogens with zero attached hydrogens (tertiary/aromatic N) is 2. The van der Waals surface area contributed by atoms with Crippen LogP contribution in [0.25, 0.3) is 0 Å². The van der Waals surface area contributed by atoms with E-state index in [9.17, 15) is 9.59 Å². The Morgan fingerprint density at radius 3 is 2.86 bits per heavy atom. The minimum atomic E-state index is -0.458. The van der Waals surface area contributed by atoms with E-state index in [1.54, 1.807) is 6.07 Å². The lowest BCUT2D eigenvalue weighted by Crippen LogP contribution is -2.37. The molecule has 1 rings (SSSR count). The quantitative estimate of drug-likeness (QED) is 0.627. The van der Waals surface area contributed by atoms with Crippen LogP contribution in [-0.4, -0.2) is 48.5 Å². The highest BCUT2D eigenvalue weighted by molar-refractivity contribution is 5.98. The normalized spacial score (nSPS) is 9.48. The van der Waals surface area contributed by atoms with Crippen molar-refractivity contribution in [3.8, 4) is 11.8 Å². The molecule has 0 aromatic carbocycles. The SMILES string of the molecule is CCCN(CC(=O)OC)C(=O)c1ccncc1C#CCN. The van der Waals surface area contributed by atoms with Gasteiger partial charge in [-0.3, -0.25) is 14.6 Å². The smallest absolute Gasteiger partial charge is 0.325 e. The Labute approximate surface area is 124 Å². The fraction of sp³-hybridized carbons (Fsp3) is 0.400. The summed E-state index contributed by atoms with van der Waals surface area (Å²) in [6, 6.07) is 1.59. The molecule has 0 saturated heterocycles. The predicted molar refractivity (Wildman–Crippen MR) is 78.4 cm³/mol. The van der Waals surface area contributed by atoms with Crippen molar-refractivity contribution >= 4 is 11.9 Å². The van der Waals surface area contributed by atoms with Gasteiger partial charge in [0.05, 0.1) is 24.8 Å². The van der Waals surface area contributed by atoms with Crippen LogP contribution in [0.4, 0.5) is 0 Å². The van der Waals surface area contributed by atoms with Crippen LogP contribution in [-0.2, 0) is 9.53 Å². The van der Waals surface area contributed by atoms with E-state index in [0.717, 1.165) is 6.42 Å². The van der Waals surface area contributed by atoms with Crippen LogP contribution in [0.5, 0.6) is 0 Å². The summed E-state index contributed by atoms with van der Waals surface area (Å²) in [6.45, 7) is 2.50. The van der Waals surface area contributed by atoms with Crippen LogP contribution < -0.4 is 5.73 Å². The summed E-state index contributed by atoms with van der Waals surface area (Å²) in [4.78, 5) is 29.4. The molecule has 0 bridgehead atoms. The highest BCUT2D eigenvalue weighted by atomic mass is 16.5. The molecule has 6 nitrogen and oxygen atoms in total. The lowest BCUT2D eigenvalue weighted by molar-refractivity contribution is -0.141. The Bertz CT molecular complexity index is 561. The van der Waals surface area contributed by atoms with Gasteiger partial charge in [0.1, 0.15) is 6.54 Å². The van der Waals surface area contributed by atoms with E-state index in [-0.39, 0.29) is 19.0 Å². The number of methoxy groups -OCH3 is 1. The molecule has 0 spiro atoms. The second-order valence-electron chi connectivity index (χ2n) is 4.23. The van der Waals surface area contributed by atoms with Crippen LogP contribution >= 0.6 is 0 Å². The Balaban J connectivity index is 3.05. The van der Waals surface area contributed by atoms with Gasteiger partial charge in [-0.25, -0.2) is 0 Å². The molecule has 0 unspecified atom stereocenters. The van der Waals surface area contributed by atoms with Crippen LogP contribution in [0.2, 0.25) is 0 Å². The number of ether oxygens (including phenoxy) is 1.